The lowest BCUT2D eigenvalue weighted by atomic mass is 10.3. The summed E-state index contributed by atoms with van der Waals surface area (Å²) in [6.07, 6.45) is 1.73. The van der Waals surface area contributed by atoms with Crippen molar-refractivity contribution >= 4 is 33.5 Å². The zero-order chi connectivity index (χ0) is 16.8. The van der Waals surface area contributed by atoms with Gasteiger partial charge in [0.15, 0.2) is 5.82 Å². The second-order valence-electron chi connectivity index (χ2n) is 4.50. The number of halogens is 2. The first-order chi connectivity index (χ1) is 11.0. The summed E-state index contributed by atoms with van der Waals surface area (Å²) in [4.78, 5) is 12.0. The lowest BCUT2D eigenvalue weighted by Crippen LogP contribution is -2.20. The van der Waals surface area contributed by atoms with Gasteiger partial charge in [-0.2, -0.15) is 5.10 Å². The Morgan fingerprint density at radius 3 is 2.87 bits per heavy atom. The third-order valence-corrected chi connectivity index (χ3v) is 3.51. The number of ether oxygens (including phenoxy) is 2. The number of hydrogen-bond donors (Lipinski definition) is 2. The zero-order valence-electron chi connectivity index (χ0n) is 12.6. The quantitative estimate of drug-likeness (QED) is 0.799. The van der Waals surface area contributed by atoms with Gasteiger partial charge in [0.25, 0.3) is 0 Å². The van der Waals surface area contributed by atoms with Crippen molar-refractivity contribution < 1.29 is 18.7 Å². The highest BCUT2D eigenvalue weighted by Crippen LogP contribution is 2.30. The van der Waals surface area contributed by atoms with E-state index >= 15 is 0 Å². The van der Waals surface area contributed by atoms with E-state index in [1.165, 1.54) is 19.2 Å². The van der Waals surface area contributed by atoms with Crippen LogP contribution in [0.4, 0.5) is 20.7 Å². The van der Waals surface area contributed by atoms with Crippen molar-refractivity contribution in [3.8, 4) is 5.75 Å². The number of rotatable bonds is 6. The fourth-order valence-electron chi connectivity index (χ4n) is 1.80. The summed E-state index contributed by atoms with van der Waals surface area (Å²) < 4.78 is 25.3. The maximum absolute atomic E-state index is 13.5. The van der Waals surface area contributed by atoms with E-state index in [1.54, 1.807) is 24.1 Å². The number of hydrogen-bond acceptors (Lipinski definition) is 4. The van der Waals surface area contributed by atoms with Crippen LogP contribution in [0.1, 0.15) is 0 Å². The molecule has 0 fully saturated rings. The molecule has 0 saturated heterocycles. The number of anilines is 2. The number of methoxy groups -OCH3 is 2. The van der Waals surface area contributed by atoms with Crippen LogP contribution in [-0.2, 0) is 11.3 Å². The monoisotopic (exact) mass is 386 g/mol. The second kappa shape index (κ2) is 7.93. The molecule has 2 N–H and O–H groups in total. The predicted molar refractivity (Wildman–Crippen MR) is 87.4 cm³/mol. The SMILES string of the molecule is COCCn1ccc(NC(=O)Nc2cc(Br)c(F)cc2OC)n1. The Morgan fingerprint density at radius 1 is 1.39 bits per heavy atom. The lowest BCUT2D eigenvalue weighted by Gasteiger charge is -2.11. The molecule has 0 saturated carbocycles. The van der Waals surface area contributed by atoms with Crippen molar-refractivity contribution in [1.29, 1.82) is 0 Å². The molecule has 2 rings (SSSR count). The molecule has 2 aromatic rings. The summed E-state index contributed by atoms with van der Waals surface area (Å²) in [5.41, 5.74) is 0.331. The molecule has 124 valence electrons. The van der Waals surface area contributed by atoms with Crippen LogP contribution in [0.25, 0.3) is 0 Å². The number of nitrogens with one attached hydrogen (secondary N) is 2. The average Bonchev–Trinajstić information content (AvgIpc) is 2.95. The van der Waals surface area contributed by atoms with E-state index in [0.29, 0.717) is 24.7 Å². The highest BCUT2D eigenvalue weighted by atomic mass is 79.9. The van der Waals surface area contributed by atoms with E-state index in [4.69, 9.17) is 9.47 Å². The number of aromatic nitrogens is 2. The number of urea groups is 1. The van der Waals surface area contributed by atoms with Crippen LogP contribution in [0.5, 0.6) is 5.75 Å². The van der Waals surface area contributed by atoms with Crippen LogP contribution in [0, 0.1) is 5.82 Å². The van der Waals surface area contributed by atoms with Gasteiger partial charge < -0.3 is 14.8 Å². The molecule has 7 nitrogen and oxygen atoms in total. The Kier molecular flexibility index (Phi) is 5.94. The summed E-state index contributed by atoms with van der Waals surface area (Å²) in [7, 11) is 2.99. The minimum Gasteiger partial charge on any atom is -0.494 e. The molecule has 0 unspecified atom stereocenters. The third-order valence-electron chi connectivity index (χ3n) is 2.90. The first-order valence-corrected chi connectivity index (χ1v) is 7.46. The molecule has 0 aliphatic rings. The van der Waals surface area contributed by atoms with Gasteiger partial charge in [-0.1, -0.05) is 0 Å². The standard InChI is InChI=1S/C14H16BrFN4O3/c1-22-6-5-20-4-3-13(19-20)18-14(21)17-11-7-9(15)10(16)8-12(11)23-2/h3-4,7-8H,5-6H2,1-2H3,(H2,17,18,19,21). The molecule has 1 heterocycles. The fraction of sp³-hybridized carbons (Fsp3) is 0.286. The predicted octanol–water partition coefficient (Wildman–Crippen LogP) is 3.08. The maximum atomic E-state index is 13.5. The topological polar surface area (TPSA) is 77.4 Å². The molecule has 0 aliphatic carbocycles. The number of carbonyl (C=O) groups excluding carboxylic acids is 1. The van der Waals surface area contributed by atoms with Crippen LogP contribution in [-0.4, -0.2) is 36.6 Å². The molecule has 0 bridgehead atoms. The molecular formula is C14H16BrFN4O3. The molecule has 0 radical (unpaired) electrons. The molecular weight excluding hydrogens is 371 g/mol. The van der Waals surface area contributed by atoms with Crippen molar-refractivity contribution in [1.82, 2.24) is 9.78 Å². The van der Waals surface area contributed by atoms with Gasteiger partial charge in [0, 0.05) is 25.4 Å². The highest BCUT2D eigenvalue weighted by molar-refractivity contribution is 9.10. The summed E-state index contributed by atoms with van der Waals surface area (Å²) in [5.74, 6) is 0.120. The zero-order valence-corrected chi connectivity index (χ0v) is 14.2. The van der Waals surface area contributed by atoms with E-state index in [1.807, 2.05) is 0 Å². The van der Waals surface area contributed by atoms with E-state index in [2.05, 4.69) is 31.7 Å². The number of benzene rings is 1. The van der Waals surface area contributed by atoms with Gasteiger partial charge in [-0.25, -0.2) is 9.18 Å². The average molecular weight is 387 g/mol. The Morgan fingerprint density at radius 2 is 2.17 bits per heavy atom. The van der Waals surface area contributed by atoms with E-state index in [-0.39, 0.29) is 10.2 Å². The van der Waals surface area contributed by atoms with Gasteiger partial charge in [0.05, 0.1) is 30.4 Å². The Hall–Kier alpha value is -2.13. The highest BCUT2D eigenvalue weighted by Gasteiger charge is 2.12. The first-order valence-electron chi connectivity index (χ1n) is 6.67. The molecule has 1 aromatic carbocycles. The summed E-state index contributed by atoms with van der Waals surface area (Å²) >= 11 is 3.06. The maximum Gasteiger partial charge on any atom is 0.325 e. The van der Waals surface area contributed by atoms with Gasteiger partial charge in [0.2, 0.25) is 0 Å². The van der Waals surface area contributed by atoms with Gasteiger partial charge >= 0.3 is 6.03 Å². The first kappa shape index (κ1) is 17.2. The molecule has 0 atom stereocenters. The van der Waals surface area contributed by atoms with Crippen molar-refractivity contribution in [3.05, 3.63) is 34.7 Å². The Bertz CT molecular complexity index is 693. The van der Waals surface area contributed by atoms with Crippen molar-refractivity contribution in [3.63, 3.8) is 0 Å². The van der Waals surface area contributed by atoms with Crippen molar-refractivity contribution in [2.45, 2.75) is 6.54 Å². The van der Waals surface area contributed by atoms with E-state index in [9.17, 15) is 9.18 Å². The van der Waals surface area contributed by atoms with Crippen LogP contribution >= 0.6 is 15.9 Å². The van der Waals surface area contributed by atoms with Crippen LogP contribution in [0.15, 0.2) is 28.9 Å². The molecule has 9 heteroatoms. The largest absolute Gasteiger partial charge is 0.494 e. The van der Waals surface area contributed by atoms with Crippen molar-refractivity contribution in [2.24, 2.45) is 0 Å². The third kappa shape index (κ3) is 4.67. The van der Waals surface area contributed by atoms with Crippen LogP contribution in [0.3, 0.4) is 0 Å². The Balaban J connectivity index is 2.02. The van der Waals surface area contributed by atoms with E-state index < -0.39 is 11.8 Å². The molecule has 23 heavy (non-hydrogen) atoms. The summed E-state index contributed by atoms with van der Waals surface area (Å²) in [6, 6.07) is 3.75. The van der Waals surface area contributed by atoms with Gasteiger partial charge in [-0.15, -0.1) is 0 Å². The number of carbonyl (C=O) groups is 1. The van der Waals surface area contributed by atoms with Gasteiger partial charge in [-0.3, -0.25) is 10.00 Å². The second-order valence-corrected chi connectivity index (χ2v) is 5.36. The minimum absolute atomic E-state index is 0.214. The summed E-state index contributed by atoms with van der Waals surface area (Å²) in [6.45, 7) is 1.10. The number of amides is 2. The molecule has 1 aromatic heterocycles. The normalized spacial score (nSPS) is 10.4. The van der Waals surface area contributed by atoms with Crippen LogP contribution in [0.2, 0.25) is 0 Å². The Labute approximate surface area is 140 Å². The molecule has 0 aliphatic heterocycles. The lowest BCUT2D eigenvalue weighted by molar-refractivity contribution is 0.183. The van der Waals surface area contributed by atoms with Gasteiger partial charge in [-0.05, 0) is 22.0 Å². The molecule has 0 spiro atoms. The molecule has 2 amide bonds. The van der Waals surface area contributed by atoms with Crippen LogP contribution < -0.4 is 15.4 Å². The van der Waals surface area contributed by atoms with Gasteiger partial charge in [0.1, 0.15) is 11.6 Å². The number of nitrogens with zero attached hydrogens (tertiary/aromatic N) is 2. The smallest absolute Gasteiger partial charge is 0.325 e. The summed E-state index contributed by atoms with van der Waals surface area (Å²) in [5, 5.41) is 9.34. The minimum atomic E-state index is -0.515. The fourth-order valence-corrected chi connectivity index (χ4v) is 2.15. The van der Waals surface area contributed by atoms with E-state index in [0.717, 1.165) is 0 Å². The van der Waals surface area contributed by atoms with Crippen molar-refractivity contribution in [2.75, 3.05) is 31.5 Å².